The lowest BCUT2D eigenvalue weighted by molar-refractivity contribution is -0.149. The Hall–Kier alpha value is -2.90. The van der Waals surface area contributed by atoms with Gasteiger partial charge in [0.2, 0.25) is 5.91 Å². The lowest BCUT2D eigenvalue weighted by Crippen LogP contribution is -2.49. The lowest BCUT2D eigenvalue weighted by atomic mass is 9.99. The summed E-state index contributed by atoms with van der Waals surface area (Å²) in [7, 11) is 0. The molecule has 2 unspecified atom stereocenters. The highest BCUT2D eigenvalue weighted by atomic mass is 19.4. The summed E-state index contributed by atoms with van der Waals surface area (Å²) in [4.78, 5) is 13.9. The fourth-order valence-electron chi connectivity index (χ4n) is 4.02. The summed E-state index contributed by atoms with van der Waals surface area (Å²) in [6.45, 7) is 3.26. The van der Waals surface area contributed by atoms with E-state index in [1.54, 1.807) is 4.90 Å². The maximum Gasteiger partial charge on any atom is 0.416 e. The molecule has 7 heteroatoms. The van der Waals surface area contributed by atoms with Crippen LogP contribution in [0.4, 0.5) is 13.2 Å². The van der Waals surface area contributed by atoms with Gasteiger partial charge in [-0.15, -0.1) is 0 Å². The first-order valence-electron chi connectivity index (χ1n) is 10.6. The SMILES string of the molecule is CC(NCC1CN(Cc2ccc(C(F)(F)F)cc2)C(=O)CO1)c1cccc2ccccc12. The number of hydrogen-bond donors (Lipinski definition) is 1. The zero-order valence-corrected chi connectivity index (χ0v) is 17.7. The summed E-state index contributed by atoms with van der Waals surface area (Å²) in [5, 5.41) is 5.87. The van der Waals surface area contributed by atoms with E-state index in [4.69, 9.17) is 4.74 Å². The molecule has 1 N–H and O–H groups in total. The van der Waals surface area contributed by atoms with Gasteiger partial charge < -0.3 is 15.0 Å². The van der Waals surface area contributed by atoms with Crippen LogP contribution in [0.25, 0.3) is 10.8 Å². The fraction of sp³-hybridized carbons (Fsp3) is 0.320. The van der Waals surface area contributed by atoms with Gasteiger partial charge in [-0.1, -0.05) is 54.6 Å². The molecule has 4 nitrogen and oxygen atoms in total. The Balaban J connectivity index is 1.36. The standard InChI is InChI=1S/C25H25F3N2O2/c1-17(22-8-4-6-19-5-2-3-7-23(19)22)29-13-21-15-30(24(31)16-32-21)14-18-9-11-20(12-10-18)25(26,27)28/h2-12,17,21,29H,13-16H2,1H3. The van der Waals surface area contributed by atoms with Crippen molar-refractivity contribution in [2.24, 2.45) is 0 Å². The molecule has 1 amide bonds. The number of carbonyl (C=O) groups excluding carboxylic acids is 1. The van der Waals surface area contributed by atoms with Crippen molar-refractivity contribution in [3.63, 3.8) is 0 Å². The molecule has 0 spiro atoms. The Kier molecular flexibility index (Phi) is 6.48. The van der Waals surface area contributed by atoms with Gasteiger partial charge in [-0.3, -0.25) is 4.79 Å². The van der Waals surface area contributed by atoms with Crippen LogP contribution in [0.15, 0.2) is 66.7 Å². The predicted octanol–water partition coefficient (Wildman–Crippen LogP) is 4.94. The van der Waals surface area contributed by atoms with Crippen LogP contribution in [0.5, 0.6) is 0 Å². The first-order valence-corrected chi connectivity index (χ1v) is 10.6. The zero-order valence-electron chi connectivity index (χ0n) is 17.7. The van der Waals surface area contributed by atoms with Crippen LogP contribution >= 0.6 is 0 Å². The number of ether oxygens (including phenoxy) is 1. The van der Waals surface area contributed by atoms with Crippen LogP contribution in [0.3, 0.4) is 0 Å². The van der Waals surface area contributed by atoms with E-state index < -0.39 is 11.7 Å². The number of fused-ring (bicyclic) bond motifs is 1. The van der Waals surface area contributed by atoms with Gasteiger partial charge in [0.25, 0.3) is 0 Å². The number of nitrogens with zero attached hydrogens (tertiary/aromatic N) is 1. The molecule has 1 fully saturated rings. The normalized spacial score (nSPS) is 18.2. The van der Waals surface area contributed by atoms with Gasteiger partial charge >= 0.3 is 6.18 Å². The molecule has 1 aliphatic rings. The Morgan fingerprint density at radius 1 is 1.06 bits per heavy atom. The van der Waals surface area contributed by atoms with Crippen LogP contribution in [-0.2, 0) is 22.3 Å². The van der Waals surface area contributed by atoms with Gasteiger partial charge in [-0.25, -0.2) is 0 Å². The van der Waals surface area contributed by atoms with Crippen molar-refractivity contribution in [2.75, 3.05) is 19.7 Å². The Labute approximate surface area is 185 Å². The van der Waals surface area contributed by atoms with Gasteiger partial charge in [0, 0.05) is 25.7 Å². The average molecular weight is 442 g/mol. The average Bonchev–Trinajstić information content (AvgIpc) is 2.78. The number of carbonyl (C=O) groups is 1. The summed E-state index contributed by atoms with van der Waals surface area (Å²) in [5.41, 5.74) is 1.15. The minimum Gasteiger partial charge on any atom is -0.365 e. The maximum absolute atomic E-state index is 12.8. The number of benzene rings is 3. The van der Waals surface area contributed by atoms with E-state index in [2.05, 4.69) is 36.5 Å². The van der Waals surface area contributed by atoms with Crippen LogP contribution in [0.2, 0.25) is 0 Å². The van der Waals surface area contributed by atoms with E-state index in [1.807, 2.05) is 18.2 Å². The van der Waals surface area contributed by atoms with Gasteiger partial charge in [0.15, 0.2) is 0 Å². The number of halogens is 3. The molecule has 2 atom stereocenters. The van der Waals surface area contributed by atoms with E-state index in [0.29, 0.717) is 18.7 Å². The topological polar surface area (TPSA) is 41.6 Å². The Morgan fingerprint density at radius 2 is 1.78 bits per heavy atom. The molecular weight excluding hydrogens is 417 g/mol. The molecule has 3 aromatic carbocycles. The summed E-state index contributed by atoms with van der Waals surface area (Å²) in [5.74, 6) is -0.164. The number of rotatable bonds is 6. The number of alkyl halides is 3. The molecule has 1 aliphatic heterocycles. The Bertz CT molecular complexity index is 1080. The number of morpholine rings is 1. The van der Waals surface area contributed by atoms with E-state index in [-0.39, 0.29) is 31.2 Å². The number of hydrogen-bond acceptors (Lipinski definition) is 3. The fourth-order valence-corrected chi connectivity index (χ4v) is 4.02. The van der Waals surface area contributed by atoms with Crippen molar-refractivity contribution in [2.45, 2.75) is 31.8 Å². The lowest BCUT2D eigenvalue weighted by Gasteiger charge is -2.33. The van der Waals surface area contributed by atoms with Crippen LogP contribution in [0, 0.1) is 0 Å². The molecule has 4 rings (SSSR count). The summed E-state index contributed by atoms with van der Waals surface area (Å²) < 4.78 is 44.0. The molecule has 3 aromatic rings. The van der Waals surface area contributed by atoms with Crippen LogP contribution in [0.1, 0.15) is 29.7 Å². The quantitative estimate of drug-likeness (QED) is 0.588. The molecule has 0 aliphatic carbocycles. The largest absolute Gasteiger partial charge is 0.416 e. The third-order valence-corrected chi connectivity index (χ3v) is 5.82. The molecule has 1 heterocycles. The zero-order chi connectivity index (χ0) is 22.7. The highest BCUT2D eigenvalue weighted by Crippen LogP contribution is 2.29. The van der Waals surface area contributed by atoms with Crippen molar-refractivity contribution in [3.8, 4) is 0 Å². The molecule has 0 bridgehead atoms. The monoisotopic (exact) mass is 442 g/mol. The van der Waals surface area contributed by atoms with E-state index in [9.17, 15) is 18.0 Å². The second kappa shape index (κ2) is 9.30. The van der Waals surface area contributed by atoms with Gasteiger partial charge in [-0.2, -0.15) is 13.2 Å². The number of amides is 1. The minimum absolute atomic E-state index is 0.0321. The van der Waals surface area contributed by atoms with E-state index in [0.717, 1.165) is 12.1 Å². The molecule has 0 aromatic heterocycles. The minimum atomic E-state index is -4.37. The summed E-state index contributed by atoms with van der Waals surface area (Å²) >= 11 is 0. The van der Waals surface area contributed by atoms with E-state index in [1.165, 1.54) is 28.5 Å². The van der Waals surface area contributed by atoms with Crippen LogP contribution < -0.4 is 5.32 Å². The molecule has 0 saturated carbocycles. The van der Waals surface area contributed by atoms with Gasteiger partial charge in [0.1, 0.15) is 6.61 Å². The highest BCUT2D eigenvalue weighted by Gasteiger charge is 2.30. The first kappa shape index (κ1) is 22.3. The molecule has 1 saturated heterocycles. The van der Waals surface area contributed by atoms with Crippen molar-refractivity contribution in [1.29, 1.82) is 0 Å². The van der Waals surface area contributed by atoms with Crippen molar-refractivity contribution in [3.05, 3.63) is 83.4 Å². The summed E-state index contributed by atoms with van der Waals surface area (Å²) in [6, 6.07) is 19.5. The summed E-state index contributed by atoms with van der Waals surface area (Å²) in [6.07, 6.45) is -4.57. The molecular formula is C25H25F3N2O2. The van der Waals surface area contributed by atoms with Gasteiger partial charge in [-0.05, 0) is 41.0 Å². The smallest absolute Gasteiger partial charge is 0.365 e. The molecule has 32 heavy (non-hydrogen) atoms. The third kappa shape index (κ3) is 5.11. The number of nitrogens with one attached hydrogen (secondary N) is 1. The van der Waals surface area contributed by atoms with Crippen molar-refractivity contribution in [1.82, 2.24) is 10.2 Å². The molecule has 0 radical (unpaired) electrons. The predicted molar refractivity (Wildman–Crippen MR) is 117 cm³/mol. The third-order valence-electron chi connectivity index (χ3n) is 5.82. The first-order chi connectivity index (χ1) is 15.3. The van der Waals surface area contributed by atoms with Gasteiger partial charge in [0.05, 0.1) is 11.7 Å². The molecule has 168 valence electrons. The second-order valence-electron chi connectivity index (χ2n) is 8.10. The van der Waals surface area contributed by atoms with E-state index >= 15 is 0 Å². The second-order valence-corrected chi connectivity index (χ2v) is 8.10. The van der Waals surface area contributed by atoms with Crippen LogP contribution in [-0.4, -0.2) is 36.6 Å². The van der Waals surface area contributed by atoms with Crippen molar-refractivity contribution >= 4 is 16.7 Å². The van der Waals surface area contributed by atoms with Crippen molar-refractivity contribution < 1.29 is 22.7 Å². The maximum atomic E-state index is 12.8. The Morgan fingerprint density at radius 3 is 2.53 bits per heavy atom. The highest BCUT2D eigenvalue weighted by molar-refractivity contribution is 5.86.